The minimum atomic E-state index is -0.575. The van der Waals surface area contributed by atoms with E-state index < -0.39 is 4.92 Å². The van der Waals surface area contributed by atoms with Crippen LogP contribution < -0.4 is 5.32 Å². The van der Waals surface area contributed by atoms with Gasteiger partial charge in [-0.1, -0.05) is 11.6 Å². The fourth-order valence-corrected chi connectivity index (χ4v) is 0.916. The van der Waals surface area contributed by atoms with Crippen molar-refractivity contribution >= 4 is 23.1 Å². The number of nitrogens with one attached hydrogen (secondary N) is 1. The van der Waals surface area contributed by atoms with Crippen LogP contribution in [0.4, 0.5) is 11.5 Å². The van der Waals surface area contributed by atoms with Gasteiger partial charge < -0.3 is 5.32 Å². The molecule has 5 nitrogen and oxygen atoms in total. The standard InChI is InChI=1S/C6H6ClN3O2/c1-8-6-2-4(7)5(3-9-6)10(11)12/h2-3H,1H3,(H,8,9). The molecule has 1 aromatic heterocycles. The van der Waals surface area contributed by atoms with Crippen LogP contribution in [0, 0.1) is 10.1 Å². The fraction of sp³-hybridized carbons (Fsp3) is 0.167. The largest absolute Gasteiger partial charge is 0.373 e. The van der Waals surface area contributed by atoms with Crippen LogP contribution in [0.1, 0.15) is 0 Å². The minimum Gasteiger partial charge on any atom is -0.373 e. The van der Waals surface area contributed by atoms with Crippen LogP contribution in [0.25, 0.3) is 0 Å². The van der Waals surface area contributed by atoms with Crippen LogP contribution in [-0.4, -0.2) is 17.0 Å². The van der Waals surface area contributed by atoms with Gasteiger partial charge in [-0.3, -0.25) is 10.1 Å². The van der Waals surface area contributed by atoms with Crippen molar-refractivity contribution in [1.29, 1.82) is 0 Å². The van der Waals surface area contributed by atoms with Gasteiger partial charge in [0, 0.05) is 13.1 Å². The topological polar surface area (TPSA) is 68.1 Å². The molecule has 1 aromatic rings. The first-order valence-electron chi connectivity index (χ1n) is 3.13. The molecule has 0 fully saturated rings. The zero-order valence-electron chi connectivity index (χ0n) is 6.24. The molecule has 0 aromatic carbocycles. The Labute approximate surface area is 73.5 Å². The molecule has 0 aliphatic heterocycles. The molecule has 0 saturated carbocycles. The second-order valence-corrected chi connectivity index (χ2v) is 2.44. The summed E-state index contributed by atoms with van der Waals surface area (Å²) in [4.78, 5) is 13.4. The van der Waals surface area contributed by atoms with Crippen molar-refractivity contribution in [2.75, 3.05) is 12.4 Å². The van der Waals surface area contributed by atoms with Gasteiger partial charge in [0.1, 0.15) is 17.0 Å². The quantitative estimate of drug-likeness (QED) is 0.565. The van der Waals surface area contributed by atoms with Crippen LogP contribution in [0.3, 0.4) is 0 Å². The summed E-state index contributed by atoms with van der Waals surface area (Å²) >= 11 is 5.58. The van der Waals surface area contributed by atoms with Gasteiger partial charge in [0.2, 0.25) is 0 Å². The van der Waals surface area contributed by atoms with Crippen molar-refractivity contribution in [1.82, 2.24) is 4.98 Å². The Morgan fingerprint density at radius 3 is 2.83 bits per heavy atom. The molecular formula is C6H6ClN3O2. The number of pyridine rings is 1. The number of nitrogens with zero attached hydrogens (tertiary/aromatic N) is 2. The summed E-state index contributed by atoms with van der Waals surface area (Å²) < 4.78 is 0. The fourth-order valence-electron chi connectivity index (χ4n) is 0.695. The van der Waals surface area contributed by atoms with Gasteiger partial charge in [-0.05, 0) is 0 Å². The Morgan fingerprint density at radius 1 is 1.75 bits per heavy atom. The Balaban J connectivity index is 3.12. The number of hydrogen-bond donors (Lipinski definition) is 1. The number of aromatic nitrogens is 1. The molecule has 0 spiro atoms. The summed E-state index contributed by atoms with van der Waals surface area (Å²) in [6.45, 7) is 0. The van der Waals surface area contributed by atoms with E-state index in [1.165, 1.54) is 6.07 Å². The molecule has 0 saturated heterocycles. The first-order chi connectivity index (χ1) is 5.65. The lowest BCUT2D eigenvalue weighted by molar-refractivity contribution is -0.385. The molecule has 1 rings (SSSR count). The van der Waals surface area contributed by atoms with Crippen molar-refractivity contribution in [3.63, 3.8) is 0 Å². The van der Waals surface area contributed by atoms with Gasteiger partial charge in [0.05, 0.1) is 4.92 Å². The maximum atomic E-state index is 10.3. The average Bonchev–Trinajstić information content (AvgIpc) is 2.03. The highest BCUT2D eigenvalue weighted by Gasteiger charge is 2.12. The smallest absolute Gasteiger partial charge is 0.306 e. The Kier molecular flexibility index (Phi) is 2.44. The van der Waals surface area contributed by atoms with E-state index in [2.05, 4.69) is 10.3 Å². The normalized spacial score (nSPS) is 9.50. The van der Waals surface area contributed by atoms with Gasteiger partial charge in [0.15, 0.2) is 0 Å². The SMILES string of the molecule is CNc1cc(Cl)c([N+](=O)[O-])cn1. The molecule has 0 atom stereocenters. The molecule has 0 unspecified atom stereocenters. The van der Waals surface area contributed by atoms with Gasteiger partial charge in [-0.25, -0.2) is 4.98 Å². The van der Waals surface area contributed by atoms with E-state index in [-0.39, 0.29) is 10.7 Å². The van der Waals surface area contributed by atoms with Crippen molar-refractivity contribution in [3.8, 4) is 0 Å². The van der Waals surface area contributed by atoms with E-state index in [0.717, 1.165) is 6.20 Å². The van der Waals surface area contributed by atoms with Crippen LogP contribution in [-0.2, 0) is 0 Å². The number of hydrogen-bond acceptors (Lipinski definition) is 4. The summed E-state index contributed by atoms with van der Waals surface area (Å²) in [5, 5.41) is 13.1. The van der Waals surface area contributed by atoms with Gasteiger partial charge in [0.25, 0.3) is 0 Å². The summed E-state index contributed by atoms with van der Waals surface area (Å²) in [5.74, 6) is 0.505. The summed E-state index contributed by atoms with van der Waals surface area (Å²) in [6, 6.07) is 1.40. The van der Waals surface area contributed by atoms with Crippen LogP contribution in [0.5, 0.6) is 0 Å². The molecule has 64 valence electrons. The lowest BCUT2D eigenvalue weighted by atomic mass is 10.4. The molecular weight excluding hydrogens is 182 g/mol. The third-order valence-corrected chi connectivity index (χ3v) is 1.59. The number of rotatable bonds is 2. The molecule has 0 radical (unpaired) electrons. The van der Waals surface area contributed by atoms with Crippen molar-refractivity contribution < 1.29 is 4.92 Å². The van der Waals surface area contributed by atoms with Gasteiger partial charge in [-0.2, -0.15) is 0 Å². The van der Waals surface area contributed by atoms with E-state index >= 15 is 0 Å². The average molecular weight is 188 g/mol. The zero-order valence-corrected chi connectivity index (χ0v) is 7.00. The Hall–Kier alpha value is -1.36. The van der Waals surface area contributed by atoms with Crippen LogP contribution in [0.2, 0.25) is 5.02 Å². The third kappa shape index (κ3) is 1.62. The first-order valence-corrected chi connectivity index (χ1v) is 3.50. The van der Waals surface area contributed by atoms with E-state index in [1.54, 1.807) is 7.05 Å². The molecule has 0 amide bonds. The lowest BCUT2D eigenvalue weighted by Crippen LogP contribution is -1.95. The minimum absolute atomic E-state index is 0.0827. The van der Waals surface area contributed by atoms with E-state index in [0.29, 0.717) is 5.82 Å². The number of nitro groups is 1. The highest BCUT2D eigenvalue weighted by Crippen LogP contribution is 2.24. The van der Waals surface area contributed by atoms with Crippen LogP contribution in [0.15, 0.2) is 12.3 Å². The molecule has 0 aliphatic carbocycles. The number of anilines is 1. The summed E-state index contributed by atoms with van der Waals surface area (Å²) in [5.41, 5.74) is -0.185. The molecule has 1 heterocycles. The van der Waals surface area contributed by atoms with Gasteiger partial charge >= 0.3 is 5.69 Å². The molecule has 0 bridgehead atoms. The number of halogens is 1. The highest BCUT2D eigenvalue weighted by atomic mass is 35.5. The summed E-state index contributed by atoms with van der Waals surface area (Å²) in [7, 11) is 1.66. The van der Waals surface area contributed by atoms with Crippen molar-refractivity contribution in [3.05, 3.63) is 27.4 Å². The predicted octanol–water partition coefficient (Wildman–Crippen LogP) is 1.68. The Bertz CT molecular complexity index is 316. The monoisotopic (exact) mass is 187 g/mol. The van der Waals surface area contributed by atoms with E-state index in [4.69, 9.17) is 11.6 Å². The zero-order chi connectivity index (χ0) is 9.14. The molecule has 12 heavy (non-hydrogen) atoms. The molecule has 6 heteroatoms. The van der Waals surface area contributed by atoms with E-state index in [9.17, 15) is 10.1 Å². The maximum absolute atomic E-state index is 10.3. The second kappa shape index (κ2) is 3.36. The molecule has 0 aliphatic rings. The Morgan fingerprint density at radius 2 is 2.42 bits per heavy atom. The third-order valence-electron chi connectivity index (χ3n) is 1.29. The van der Waals surface area contributed by atoms with Gasteiger partial charge in [-0.15, -0.1) is 0 Å². The van der Waals surface area contributed by atoms with Crippen molar-refractivity contribution in [2.24, 2.45) is 0 Å². The first kappa shape index (κ1) is 8.73. The van der Waals surface area contributed by atoms with Crippen molar-refractivity contribution in [2.45, 2.75) is 0 Å². The second-order valence-electron chi connectivity index (χ2n) is 2.03. The maximum Gasteiger partial charge on any atom is 0.306 e. The highest BCUT2D eigenvalue weighted by molar-refractivity contribution is 6.32. The molecule has 1 N–H and O–H groups in total. The lowest BCUT2D eigenvalue weighted by Gasteiger charge is -1.98. The van der Waals surface area contributed by atoms with Crippen LogP contribution >= 0.6 is 11.6 Å². The summed E-state index contributed by atoms with van der Waals surface area (Å²) in [6.07, 6.45) is 1.12. The van der Waals surface area contributed by atoms with E-state index in [1.807, 2.05) is 0 Å². The predicted molar refractivity (Wildman–Crippen MR) is 45.4 cm³/mol.